The first-order valence-corrected chi connectivity index (χ1v) is 9.43. The number of aromatic nitrogens is 4. The highest BCUT2D eigenvalue weighted by atomic mass is 15.3. The Morgan fingerprint density at radius 3 is 2.48 bits per heavy atom. The van der Waals surface area contributed by atoms with E-state index in [1.54, 1.807) is 12.4 Å². The van der Waals surface area contributed by atoms with E-state index in [4.69, 9.17) is 0 Å². The molecule has 0 amide bonds. The van der Waals surface area contributed by atoms with Crippen LogP contribution in [-0.2, 0) is 13.6 Å². The normalized spacial score (nSPS) is 15.3. The van der Waals surface area contributed by atoms with Gasteiger partial charge in [-0.2, -0.15) is 5.10 Å². The summed E-state index contributed by atoms with van der Waals surface area (Å²) in [6.07, 6.45) is 7.58. The molecule has 1 aliphatic rings. The largest absolute Gasteiger partial charge is 0.353 e. The topological polar surface area (TPSA) is 50.1 Å². The molecule has 1 aromatic carbocycles. The van der Waals surface area contributed by atoms with Gasteiger partial charge in [0.2, 0.25) is 0 Å². The van der Waals surface area contributed by atoms with Crippen LogP contribution in [0.25, 0.3) is 11.1 Å². The van der Waals surface area contributed by atoms with Crippen molar-refractivity contribution in [2.45, 2.75) is 20.4 Å². The van der Waals surface area contributed by atoms with E-state index < -0.39 is 0 Å². The fourth-order valence-electron chi connectivity index (χ4n) is 3.73. The molecule has 6 nitrogen and oxygen atoms in total. The number of rotatable bonds is 4. The van der Waals surface area contributed by atoms with Crippen molar-refractivity contribution in [1.82, 2.24) is 24.6 Å². The van der Waals surface area contributed by atoms with Crippen molar-refractivity contribution >= 4 is 5.82 Å². The minimum atomic E-state index is 0.956. The quantitative estimate of drug-likeness (QED) is 0.714. The summed E-state index contributed by atoms with van der Waals surface area (Å²) in [6, 6.07) is 6.73. The van der Waals surface area contributed by atoms with Gasteiger partial charge in [-0.1, -0.05) is 23.8 Å². The molecule has 3 aromatic rings. The monoisotopic (exact) mass is 362 g/mol. The lowest BCUT2D eigenvalue weighted by Crippen LogP contribution is -2.46. The van der Waals surface area contributed by atoms with Crippen LogP contribution in [0.3, 0.4) is 0 Å². The minimum absolute atomic E-state index is 0.956. The number of benzene rings is 1. The number of piperazine rings is 1. The molecule has 140 valence electrons. The van der Waals surface area contributed by atoms with Gasteiger partial charge in [-0.15, -0.1) is 0 Å². The molecular formula is C21H26N6. The lowest BCUT2D eigenvalue weighted by Gasteiger charge is -2.36. The summed E-state index contributed by atoms with van der Waals surface area (Å²) in [7, 11) is 1.96. The average Bonchev–Trinajstić information content (AvgIpc) is 3.11. The lowest BCUT2D eigenvalue weighted by molar-refractivity contribution is 0.249. The summed E-state index contributed by atoms with van der Waals surface area (Å²) < 4.78 is 1.86. The van der Waals surface area contributed by atoms with Gasteiger partial charge in [0, 0.05) is 63.9 Å². The molecule has 6 heteroatoms. The molecule has 4 rings (SSSR count). The summed E-state index contributed by atoms with van der Waals surface area (Å²) in [6.45, 7) is 9.14. The van der Waals surface area contributed by atoms with Crippen LogP contribution in [0.1, 0.15) is 16.8 Å². The highest BCUT2D eigenvalue weighted by Gasteiger charge is 2.20. The van der Waals surface area contributed by atoms with E-state index in [0.29, 0.717) is 0 Å². The van der Waals surface area contributed by atoms with Crippen molar-refractivity contribution in [3.63, 3.8) is 0 Å². The number of nitrogens with zero attached hydrogens (tertiary/aromatic N) is 6. The summed E-state index contributed by atoms with van der Waals surface area (Å²) in [5.41, 5.74) is 6.11. The van der Waals surface area contributed by atoms with Crippen molar-refractivity contribution in [3.05, 3.63) is 59.8 Å². The van der Waals surface area contributed by atoms with Gasteiger partial charge in [-0.3, -0.25) is 14.6 Å². The minimum Gasteiger partial charge on any atom is -0.353 e. The van der Waals surface area contributed by atoms with Crippen molar-refractivity contribution in [3.8, 4) is 11.1 Å². The first kappa shape index (κ1) is 17.7. The molecule has 0 spiro atoms. The SMILES string of the molecule is Cc1ccc(CN2CCN(c3nccnc3C)CC2)c(-c2cnn(C)c2)c1. The number of aryl methyl sites for hydroxylation is 3. The molecule has 0 bridgehead atoms. The van der Waals surface area contributed by atoms with Gasteiger partial charge >= 0.3 is 0 Å². The Morgan fingerprint density at radius 1 is 1.00 bits per heavy atom. The summed E-state index contributed by atoms with van der Waals surface area (Å²) in [5.74, 6) is 1.02. The fourth-order valence-corrected chi connectivity index (χ4v) is 3.73. The van der Waals surface area contributed by atoms with Crippen LogP contribution in [0.4, 0.5) is 5.82 Å². The van der Waals surface area contributed by atoms with E-state index in [9.17, 15) is 0 Å². The van der Waals surface area contributed by atoms with Gasteiger partial charge in [0.15, 0.2) is 0 Å². The molecule has 0 aliphatic carbocycles. The van der Waals surface area contributed by atoms with E-state index in [1.807, 2.05) is 24.9 Å². The van der Waals surface area contributed by atoms with E-state index in [2.05, 4.69) is 56.2 Å². The highest BCUT2D eigenvalue weighted by molar-refractivity contribution is 5.67. The van der Waals surface area contributed by atoms with Gasteiger partial charge in [0.05, 0.1) is 11.9 Å². The zero-order valence-electron chi connectivity index (χ0n) is 16.3. The molecule has 0 atom stereocenters. The molecule has 0 N–H and O–H groups in total. The maximum atomic E-state index is 4.51. The zero-order valence-corrected chi connectivity index (χ0v) is 16.3. The molecular weight excluding hydrogens is 336 g/mol. The standard InChI is InChI=1S/C21H26N6/c1-16-4-5-18(20(12-16)19-13-24-25(3)14-19)15-26-8-10-27(11-9-26)21-17(2)22-6-7-23-21/h4-7,12-14H,8-11,15H2,1-3H3. The molecule has 0 unspecified atom stereocenters. The van der Waals surface area contributed by atoms with Crippen LogP contribution < -0.4 is 4.90 Å². The molecule has 2 aromatic heterocycles. The highest BCUT2D eigenvalue weighted by Crippen LogP contribution is 2.26. The van der Waals surface area contributed by atoms with Crippen LogP contribution in [0, 0.1) is 13.8 Å². The Bertz CT molecular complexity index is 924. The third-order valence-corrected chi connectivity index (χ3v) is 5.20. The Balaban J connectivity index is 1.47. The average molecular weight is 362 g/mol. The lowest BCUT2D eigenvalue weighted by atomic mass is 9.99. The number of hydrogen-bond acceptors (Lipinski definition) is 5. The second-order valence-electron chi connectivity index (χ2n) is 7.29. The van der Waals surface area contributed by atoms with Gasteiger partial charge in [0.1, 0.15) is 5.82 Å². The first-order valence-electron chi connectivity index (χ1n) is 9.43. The molecule has 1 fully saturated rings. The first-order chi connectivity index (χ1) is 13.1. The van der Waals surface area contributed by atoms with Gasteiger partial charge in [0.25, 0.3) is 0 Å². The smallest absolute Gasteiger partial charge is 0.150 e. The molecule has 0 saturated carbocycles. The summed E-state index contributed by atoms with van der Waals surface area (Å²) in [4.78, 5) is 13.7. The van der Waals surface area contributed by atoms with E-state index in [-0.39, 0.29) is 0 Å². The Labute approximate surface area is 160 Å². The predicted octanol–water partition coefficient (Wildman–Crippen LogP) is 2.82. The molecule has 27 heavy (non-hydrogen) atoms. The second kappa shape index (κ2) is 7.48. The van der Waals surface area contributed by atoms with Crippen molar-refractivity contribution in [2.24, 2.45) is 7.05 Å². The van der Waals surface area contributed by atoms with E-state index >= 15 is 0 Å². The Hall–Kier alpha value is -2.73. The molecule has 1 saturated heterocycles. The maximum absolute atomic E-state index is 4.51. The third-order valence-electron chi connectivity index (χ3n) is 5.20. The van der Waals surface area contributed by atoms with Crippen LogP contribution in [0.5, 0.6) is 0 Å². The van der Waals surface area contributed by atoms with Crippen LogP contribution in [-0.4, -0.2) is 50.8 Å². The molecule has 3 heterocycles. The van der Waals surface area contributed by atoms with Crippen molar-refractivity contribution in [2.75, 3.05) is 31.1 Å². The summed E-state index contributed by atoms with van der Waals surface area (Å²) >= 11 is 0. The molecule has 0 radical (unpaired) electrons. The van der Waals surface area contributed by atoms with Crippen molar-refractivity contribution in [1.29, 1.82) is 0 Å². The number of hydrogen-bond donors (Lipinski definition) is 0. The Kier molecular flexibility index (Phi) is 4.90. The van der Waals surface area contributed by atoms with Crippen molar-refractivity contribution < 1.29 is 0 Å². The Morgan fingerprint density at radius 2 is 1.78 bits per heavy atom. The zero-order chi connectivity index (χ0) is 18.8. The van der Waals surface area contributed by atoms with Crippen LogP contribution >= 0.6 is 0 Å². The van der Waals surface area contributed by atoms with Crippen LogP contribution in [0.2, 0.25) is 0 Å². The second-order valence-corrected chi connectivity index (χ2v) is 7.29. The van der Waals surface area contributed by atoms with E-state index in [1.165, 1.54) is 22.3 Å². The fraction of sp³-hybridized carbons (Fsp3) is 0.381. The van der Waals surface area contributed by atoms with Gasteiger partial charge in [-0.25, -0.2) is 4.98 Å². The summed E-state index contributed by atoms with van der Waals surface area (Å²) in [5, 5.41) is 4.35. The molecule has 1 aliphatic heterocycles. The number of anilines is 1. The van der Waals surface area contributed by atoms with E-state index in [0.717, 1.165) is 44.2 Å². The maximum Gasteiger partial charge on any atom is 0.150 e. The van der Waals surface area contributed by atoms with Crippen LogP contribution in [0.15, 0.2) is 43.0 Å². The predicted molar refractivity (Wildman–Crippen MR) is 108 cm³/mol. The van der Waals surface area contributed by atoms with Gasteiger partial charge in [-0.05, 0) is 25.0 Å². The van der Waals surface area contributed by atoms with Gasteiger partial charge < -0.3 is 4.90 Å². The third kappa shape index (κ3) is 3.85.